The van der Waals surface area contributed by atoms with Gasteiger partial charge in [0.05, 0.1) is 10.7 Å². The number of benzene rings is 2. The number of halogens is 2. The van der Waals surface area contributed by atoms with Crippen molar-refractivity contribution in [2.75, 3.05) is 5.84 Å². The van der Waals surface area contributed by atoms with Gasteiger partial charge in [0.1, 0.15) is 0 Å². The summed E-state index contributed by atoms with van der Waals surface area (Å²) in [5.74, 6) is 7.86. The van der Waals surface area contributed by atoms with E-state index >= 15 is 0 Å². The Balaban J connectivity index is 1.50. The molecule has 0 unspecified atom stereocenters. The molecular formula is C18H13Cl2N5OS. The van der Waals surface area contributed by atoms with E-state index in [1.807, 2.05) is 36.4 Å². The van der Waals surface area contributed by atoms with Gasteiger partial charge in [-0.15, -0.1) is 10.2 Å². The maximum absolute atomic E-state index is 6.23. The highest BCUT2D eigenvalue weighted by Gasteiger charge is 2.16. The maximum Gasteiger partial charge on any atom is 0.210 e. The highest BCUT2D eigenvalue weighted by molar-refractivity contribution is 7.98. The molecule has 2 N–H and O–H groups in total. The van der Waals surface area contributed by atoms with Gasteiger partial charge in [0.15, 0.2) is 11.6 Å². The molecule has 0 saturated carbocycles. The van der Waals surface area contributed by atoms with Crippen LogP contribution in [0.5, 0.6) is 0 Å². The fraction of sp³-hybridized carbons (Fsp3) is 0.0556. The van der Waals surface area contributed by atoms with Gasteiger partial charge in [0.2, 0.25) is 5.16 Å². The van der Waals surface area contributed by atoms with E-state index in [2.05, 4.69) is 15.4 Å². The van der Waals surface area contributed by atoms with Crippen LogP contribution in [-0.2, 0) is 5.75 Å². The number of nitrogens with zero attached hydrogens (tertiary/aromatic N) is 4. The van der Waals surface area contributed by atoms with Crippen LogP contribution in [0.15, 0.2) is 64.3 Å². The number of aromatic nitrogens is 4. The Kier molecular flexibility index (Phi) is 5.07. The van der Waals surface area contributed by atoms with Crippen molar-refractivity contribution in [2.45, 2.75) is 10.9 Å². The monoisotopic (exact) mass is 417 g/mol. The van der Waals surface area contributed by atoms with Crippen molar-refractivity contribution in [2.24, 2.45) is 0 Å². The lowest BCUT2D eigenvalue weighted by molar-refractivity contribution is 0.426. The molecule has 27 heavy (non-hydrogen) atoms. The second kappa shape index (κ2) is 7.64. The first kappa shape index (κ1) is 17.9. The molecule has 2 heterocycles. The molecule has 0 amide bonds. The van der Waals surface area contributed by atoms with Crippen LogP contribution < -0.4 is 5.84 Å². The Labute approximate surface area is 169 Å². The van der Waals surface area contributed by atoms with Crippen molar-refractivity contribution in [1.29, 1.82) is 0 Å². The van der Waals surface area contributed by atoms with Crippen LogP contribution in [0.25, 0.3) is 22.7 Å². The van der Waals surface area contributed by atoms with Gasteiger partial charge in [-0.3, -0.25) is 0 Å². The van der Waals surface area contributed by atoms with Crippen LogP contribution in [0.1, 0.15) is 5.69 Å². The van der Waals surface area contributed by atoms with Crippen LogP contribution in [0.3, 0.4) is 0 Å². The van der Waals surface area contributed by atoms with Crippen molar-refractivity contribution in [3.63, 3.8) is 0 Å². The van der Waals surface area contributed by atoms with Gasteiger partial charge in [-0.2, -0.15) is 0 Å². The number of hydrogen-bond acceptors (Lipinski definition) is 6. The molecule has 0 atom stereocenters. The normalized spacial score (nSPS) is 11.0. The number of nitrogen functional groups attached to an aromatic ring is 1. The van der Waals surface area contributed by atoms with Crippen LogP contribution in [0.2, 0.25) is 10.0 Å². The molecule has 6 nitrogen and oxygen atoms in total. The summed E-state index contributed by atoms with van der Waals surface area (Å²) in [4.78, 5) is 0. The zero-order valence-electron chi connectivity index (χ0n) is 13.8. The van der Waals surface area contributed by atoms with Crippen LogP contribution in [0.4, 0.5) is 0 Å². The average molecular weight is 418 g/mol. The Hall–Kier alpha value is -2.48. The molecule has 0 spiro atoms. The van der Waals surface area contributed by atoms with Crippen molar-refractivity contribution in [3.05, 3.63) is 70.3 Å². The lowest BCUT2D eigenvalue weighted by atomic mass is 10.2. The van der Waals surface area contributed by atoms with E-state index in [4.69, 9.17) is 33.6 Å². The van der Waals surface area contributed by atoms with E-state index in [0.29, 0.717) is 38.1 Å². The highest BCUT2D eigenvalue weighted by atomic mass is 35.5. The zero-order chi connectivity index (χ0) is 18.8. The summed E-state index contributed by atoms with van der Waals surface area (Å²) in [6.07, 6.45) is 0. The number of rotatable bonds is 5. The van der Waals surface area contributed by atoms with Gasteiger partial charge in [-0.05, 0) is 18.2 Å². The van der Waals surface area contributed by atoms with Crippen LogP contribution in [0, 0.1) is 0 Å². The zero-order valence-corrected chi connectivity index (χ0v) is 16.2. The Morgan fingerprint density at radius 2 is 1.85 bits per heavy atom. The predicted molar refractivity (Wildman–Crippen MR) is 107 cm³/mol. The molecule has 4 rings (SSSR count). The average Bonchev–Trinajstić information content (AvgIpc) is 3.28. The third-order valence-electron chi connectivity index (χ3n) is 3.80. The molecule has 0 radical (unpaired) electrons. The summed E-state index contributed by atoms with van der Waals surface area (Å²) in [6, 6.07) is 16.8. The standard InChI is InChI=1S/C18H13Cl2N5OS/c19-12-6-7-14(15(20)8-12)17-22-23-18(25(17)21)27-10-13-9-16(26-24-13)11-4-2-1-3-5-11/h1-9H,10,21H2. The number of hydrogen-bond donors (Lipinski definition) is 1. The van der Waals surface area contributed by atoms with Crippen molar-refractivity contribution < 1.29 is 4.52 Å². The summed E-state index contributed by atoms with van der Waals surface area (Å²) in [7, 11) is 0. The van der Waals surface area contributed by atoms with E-state index in [-0.39, 0.29) is 0 Å². The molecule has 2 aromatic carbocycles. The van der Waals surface area contributed by atoms with Crippen LogP contribution in [-0.4, -0.2) is 20.0 Å². The minimum absolute atomic E-state index is 0.460. The summed E-state index contributed by atoms with van der Waals surface area (Å²) in [5, 5.41) is 13.9. The van der Waals surface area contributed by atoms with Crippen LogP contribution >= 0.6 is 35.0 Å². The lowest BCUT2D eigenvalue weighted by Gasteiger charge is -2.05. The van der Waals surface area contributed by atoms with Crippen molar-refractivity contribution in [3.8, 4) is 22.7 Å². The quantitative estimate of drug-likeness (QED) is 0.366. The molecule has 4 aromatic rings. The van der Waals surface area contributed by atoms with Gasteiger partial charge in [0, 0.05) is 28.0 Å². The molecule has 2 aromatic heterocycles. The van der Waals surface area contributed by atoms with Gasteiger partial charge in [-0.25, -0.2) is 4.68 Å². The van der Waals surface area contributed by atoms with Crippen molar-refractivity contribution >= 4 is 35.0 Å². The predicted octanol–water partition coefficient (Wildman–Crippen LogP) is 4.91. The summed E-state index contributed by atoms with van der Waals surface area (Å²) < 4.78 is 6.80. The first-order valence-electron chi connectivity index (χ1n) is 7.91. The number of nitrogens with two attached hydrogens (primary N) is 1. The van der Waals surface area contributed by atoms with Crippen molar-refractivity contribution in [1.82, 2.24) is 20.0 Å². The van der Waals surface area contributed by atoms with Gasteiger partial charge in [-0.1, -0.05) is 70.5 Å². The van der Waals surface area contributed by atoms with E-state index in [1.54, 1.807) is 18.2 Å². The fourth-order valence-corrected chi connectivity index (χ4v) is 3.72. The third-order valence-corrected chi connectivity index (χ3v) is 5.33. The maximum atomic E-state index is 6.23. The summed E-state index contributed by atoms with van der Waals surface area (Å²) in [5.41, 5.74) is 2.42. The SMILES string of the molecule is Nn1c(SCc2cc(-c3ccccc3)on2)nnc1-c1ccc(Cl)cc1Cl. The minimum atomic E-state index is 0.460. The van der Waals surface area contributed by atoms with Gasteiger partial charge >= 0.3 is 0 Å². The number of thioether (sulfide) groups is 1. The molecule has 0 bridgehead atoms. The van der Waals surface area contributed by atoms with E-state index in [0.717, 1.165) is 11.3 Å². The van der Waals surface area contributed by atoms with E-state index in [1.165, 1.54) is 16.4 Å². The molecule has 0 aliphatic carbocycles. The minimum Gasteiger partial charge on any atom is -0.356 e. The Bertz CT molecular complexity index is 1080. The van der Waals surface area contributed by atoms with E-state index in [9.17, 15) is 0 Å². The fourth-order valence-electron chi connectivity index (χ4n) is 2.49. The summed E-state index contributed by atoms with van der Waals surface area (Å²) in [6.45, 7) is 0. The summed E-state index contributed by atoms with van der Waals surface area (Å²) >= 11 is 13.6. The smallest absolute Gasteiger partial charge is 0.210 e. The second-order valence-electron chi connectivity index (χ2n) is 5.64. The van der Waals surface area contributed by atoms with E-state index < -0.39 is 0 Å². The molecule has 0 fully saturated rings. The second-order valence-corrected chi connectivity index (χ2v) is 7.42. The largest absolute Gasteiger partial charge is 0.356 e. The lowest BCUT2D eigenvalue weighted by Crippen LogP contribution is -2.11. The Morgan fingerprint density at radius 3 is 2.63 bits per heavy atom. The third kappa shape index (κ3) is 3.80. The topological polar surface area (TPSA) is 82.8 Å². The molecule has 0 aliphatic heterocycles. The van der Waals surface area contributed by atoms with Gasteiger partial charge < -0.3 is 10.4 Å². The first-order chi connectivity index (χ1) is 13.1. The van der Waals surface area contributed by atoms with Gasteiger partial charge in [0.25, 0.3) is 0 Å². The molecule has 136 valence electrons. The molecule has 0 saturated heterocycles. The molecular weight excluding hydrogens is 405 g/mol. The molecule has 0 aliphatic rings. The molecule has 9 heteroatoms. The Morgan fingerprint density at radius 1 is 1.04 bits per heavy atom. The first-order valence-corrected chi connectivity index (χ1v) is 9.65. The highest BCUT2D eigenvalue weighted by Crippen LogP contribution is 2.31.